The number of carbonyl (C=O) groups is 3. The smallest absolute Gasteiger partial charge is 0.364 e. The molecule has 0 spiro atoms. The van der Waals surface area contributed by atoms with Gasteiger partial charge >= 0.3 is 11.9 Å². The van der Waals surface area contributed by atoms with Crippen molar-refractivity contribution >= 4 is 17.8 Å². The lowest BCUT2D eigenvalue weighted by Crippen LogP contribution is -2.71. The number of ether oxygens (including phenoxy) is 6. The Labute approximate surface area is 265 Å². The summed E-state index contributed by atoms with van der Waals surface area (Å²) >= 11 is 0. The van der Waals surface area contributed by atoms with Gasteiger partial charge in [0.1, 0.15) is 79.9 Å². The van der Waals surface area contributed by atoms with Crippen LogP contribution in [0.4, 0.5) is 0 Å². The summed E-state index contributed by atoms with van der Waals surface area (Å²) in [5.74, 6) is -7.33. The Kier molecular flexibility index (Phi) is 13.7. The molecule has 0 radical (unpaired) electrons. The van der Waals surface area contributed by atoms with Crippen molar-refractivity contribution < 1.29 is 104 Å². The highest BCUT2D eigenvalue weighted by Gasteiger charge is 2.61. The third-order valence-electron chi connectivity index (χ3n) is 7.86. The lowest BCUT2D eigenvalue weighted by molar-refractivity contribution is -0.385. The first-order valence-corrected chi connectivity index (χ1v) is 14.3. The first-order chi connectivity index (χ1) is 22.0. The van der Waals surface area contributed by atoms with E-state index in [9.17, 15) is 75.7 Å². The Morgan fingerprint density at radius 3 is 2.06 bits per heavy atom. The number of carboxylic acids is 1. The van der Waals surface area contributed by atoms with E-state index in [1.807, 2.05) is 0 Å². The van der Waals surface area contributed by atoms with Gasteiger partial charge in [0.2, 0.25) is 5.91 Å². The molecule has 0 unspecified atom stereocenters. The fourth-order valence-corrected chi connectivity index (χ4v) is 5.47. The Hall–Kier alpha value is -2.23. The van der Waals surface area contributed by atoms with Crippen molar-refractivity contribution in [3.63, 3.8) is 0 Å². The Bertz CT molecular complexity index is 1070. The van der Waals surface area contributed by atoms with E-state index in [4.69, 9.17) is 28.4 Å². The van der Waals surface area contributed by atoms with Crippen molar-refractivity contribution in [2.45, 2.75) is 111 Å². The molecular weight excluding hydrogens is 650 g/mol. The number of aliphatic hydroxyl groups is 11. The van der Waals surface area contributed by atoms with Crippen molar-refractivity contribution in [1.29, 1.82) is 0 Å². The molecule has 0 aliphatic carbocycles. The lowest BCUT2D eigenvalue weighted by atomic mass is 9.87. The lowest BCUT2D eigenvalue weighted by Gasteiger charge is -2.51. The zero-order valence-electron chi connectivity index (χ0n) is 24.7. The second-order valence-corrected chi connectivity index (χ2v) is 11.1. The summed E-state index contributed by atoms with van der Waals surface area (Å²) in [6, 6.07) is -1.69. The summed E-state index contributed by atoms with van der Waals surface area (Å²) in [7, 11) is 0. The summed E-state index contributed by atoms with van der Waals surface area (Å²) in [5.41, 5.74) is 0. The summed E-state index contributed by atoms with van der Waals surface area (Å²) in [6.45, 7) is -3.26. The number of rotatable bonds is 13. The van der Waals surface area contributed by atoms with Crippen LogP contribution in [0.3, 0.4) is 0 Å². The SMILES string of the molecule is CC(=O)O[C@H]1C[C@](O[C@H]2[C@@H](O)[C@@H](CO)O[C@@H](O[C@H]3[C@H](O)[C@@H](O)[C@H](O)O[C@@H]3CO)[C@@H]2O)(C(=O)O)O[C@@H]([C@H](O)[C@H](O)CO)[C@@H]1NC(=O)CO. The third kappa shape index (κ3) is 8.50. The number of carboxylic acid groups (broad SMARTS) is 1. The zero-order chi connectivity index (χ0) is 35.4. The predicted octanol–water partition coefficient (Wildman–Crippen LogP) is -8.68. The maximum Gasteiger partial charge on any atom is 0.364 e. The molecule has 13 N–H and O–H groups in total. The Morgan fingerprint density at radius 1 is 0.894 bits per heavy atom. The second kappa shape index (κ2) is 16.4. The van der Waals surface area contributed by atoms with E-state index in [0.717, 1.165) is 6.92 Å². The van der Waals surface area contributed by atoms with E-state index in [2.05, 4.69) is 5.32 Å². The van der Waals surface area contributed by atoms with E-state index < -0.39 is 148 Å². The number of hydrogen-bond donors (Lipinski definition) is 13. The van der Waals surface area contributed by atoms with E-state index in [1.54, 1.807) is 0 Å². The molecule has 0 aromatic carbocycles. The van der Waals surface area contributed by atoms with Crippen LogP contribution < -0.4 is 5.32 Å². The molecule has 272 valence electrons. The first kappa shape index (κ1) is 39.2. The number of hydrogen-bond acceptors (Lipinski definition) is 20. The molecule has 22 heteroatoms. The van der Waals surface area contributed by atoms with Gasteiger partial charge in [0.15, 0.2) is 12.6 Å². The van der Waals surface area contributed by atoms with Crippen molar-refractivity contribution in [1.82, 2.24) is 5.32 Å². The minimum absolute atomic E-state index is 0.898. The summed E-state index contributed by atoms with van der Waals surface area (Å²) in [6.07, 6.45) is -28.6. The molecule has 1 amide bonds. The van der Waals surface area contributed by atoms with Crippen LogP contribution in [0.5, 0.6) is 0 Å². The van der Waals surface area contributed by atoms with Crippen LogP contribution in [0.25, 0.3) is 0 Å². The van der Waals surface area contributed by atoms with Crippen LogP contribution in [0.2, 0.25) is 0 Å². The van der Waals surface area contributed by atoms with E-state index >= 15 is 0 Å². The number of esters is 1. The van der Waals surface area contributed by atoms with Gasteiger partial charge in [-0.3, -0.25) is 9.59 Å². The van der Waals surface area contributed by atoms with Gasteiger partial charge in [-0.05, 0) is 0 Å². The van der Waals surface area contributed by atoms with Gasteiger partial charge in [-0.15, -0.1) is 0 Å². The number of aliphatic carboxylic acids is 1. The number of amides is 1. The molecule has 0 saturated carbocycles. The van der Waals surface area contributed by atoms with Crippen LogP contribution in [0.1, 0.15) is 13.3 Å². The van der Waals surface area contributed by atoms with Gasteiger partial charge in [-0.2, -0.15) is 0 Å². The van der Waals surface area contributed by atoms with Crippen molar-refractivity contribution in [3.8, 4) is 0 Å². The monoisotopic (exact) mass is 691 g/mol. The van der Waals surface area contributed by atoms with Gasteiger partial charge in [0.05, 0.1) is 32.3 Å². The Morgan fingerprint density at radius 2 is 1.53 bits per heavy atom. The van der Waals surface area contributed by atoms with Crippen LogP contribution in [-0.2, 0) is 42.8 Å². The molecular formula is C25H41NO21. The average molecular weight is 692 g/mol. The van der Waals surface area contributed by atoms with E-state index in [1.165, 1.54) is 0 Å². The molecule has 3 saturated heterocycles. The normalized spacial score (nSPS) is 42.3. The molecule has 22 nitrogen and oxygen atoms in total. The molecule has 3 heterocycles. The largest absolute Gasteiger partial charge is 0.477 e. The molecule has 0 bridgehead atoms. The molecule has 3 aliphatic rings. The summed E-state index contributed by atoms with van der Waals surface area (Å²) in [5, 5.41) is 124. The minimum atomic E-state index is -3.13. The van der Waals surface area contributed by atoms with Crippen LogP contribution >= 0.6 is 0 Å². The number of carbonyl (C=O) groups excluding carboxylic acids is 2. The quantitative estimate of drug-likeness (QED) is 0.0797. The van der Waals surface area contributed by atoms with Crippen molar-refractivity contribution in [3.05, 3.63) is 0 Å². The van der Waals surface area contributed by atoms with E-state index in [0.29, 0.717) is 0 Å². The number of aliphatic hydroxyl groups excluding tert-OH is 11. The van der Waals surface area contributed by atoms with Gasteiger partial charge in [0.25, 0.3) is 5.79 Å². The van der Waals surface area contributed by atoms with Crippen LogP contribution in [0, 0.1) is 0 Å². The molecule has 3 rings (SSSR count). The van der Waals surface area contributed by atoms with Gasteiger partial charge < -0.3 is 95.0 Å². The standard InChI is InChI=1S/C25H41NO21/c1-7(31)42-9-2-25(24(40)41,46-20(14(34)8(32)3-27)13(9)26-12(33)6-30)47-21-15(35)10(4-28)44-23(18(21)38)45-19-11(5-29)43-22(39)17(37)16(19)36/h8-11,13-23,27-30,32,34-39H,2-6H2,1H3,(H,26,33)(H,40,41)/t8-,9+,10-,11-,13-,14-,15+,16-,17-,18-,19-,20-,21+,22-,23+,25+/m1/s1. The molecule has 0 aromatic rings. The molecule has 3 fully saturated rings. The van der Waals surface area contributed by atoms with Crippen molar-refractivity contribution in [2.24, 2.45) is 0 Å². The van der Waals surface area contributed by atoms with Gasteiger partial charge in [-0.1, -0.05) is 0 Å². The molecule has 0 aromatic heterocycles. The maximum absolute atomic E-state index is 12.8. The predicted molar refractivity (Wildman–Crippen MR) is 141 cm³/mol. The van der Waals surface area contributed by atoms with Crippen molar-refractivity contribution in [2.75, 3.05) is 26.4 Å². The highest BCUT2D eigenvalue weighted by molar-refractivity contribution is 5.78. The first-order valence-electron chi connectivity index (χ1n) is 14.3. The molecule has 16 atom stereocenters. The van der Waals surface area contributed by atoms with E-state index in [-0.39, 0.29) is 0 Å². The highest BCUT2D eigenvalue weighted by Crippen LogP contribution is 2.39. The van der Waals surface area contributed by atoms with Crippen LogP contribution in [0.15, 0.2) is 0 Å². The topological polar surface area (TPSA) is 361 Å². The fourth-order valence-electron chi connectivity index (χ4n) is 5.47. The molecule has 3 aliphatic heterocycles. The number of nitrogens with one attached hydrogen (secondary N) is 1. The summed E-state index contributed by atoms with van der Waals surface area (Å²) < 4.78 is 32.2. The van der Waals surface area contributed by atoms with Crippen LogP contribution in [-0.4, -0.2) is 203 Å². The second-order valence-electron chi connectivity index (χ2n) is 11.1. The summed E-state index contributed by atoms with van der Waals surface area (Å²) in [4.78, 5) is 36.9. The fraction of sp³-hybridized carbons (Fsp3) is 0.880. The van der Waals surface area contributed by atoms with Gasteiger partial charge in [-0.25, -0.2) is 4.79 Å². The Balaban J connectivity index is 2.03. The minimum Gasteiger partial charge on any atom is -0.477 e. The highest BCUT2D eigenvalue weighted by atomic mass is 16.8. The van der Waals surface area contributed by atoms with Gasteiger partial charge in [0, 0.05) is 6.92 Å². The maximum atomic E-state index is 12.8. The third-order valence-corrected chi connectivity index (χ3v) is 7.86. The zero-order valence-corrected chi connectivity index (χ0v) is 24.7. The molecule has 47 heavy (non-hydrogen) atoms. The average Bonchev–Trinajstić information content (AvgIpc) is 3.03.